The van der Waals surface area contributed by atoms with Gasteiger partial charge in [0.15, 0.2) is 0 Å². The van der Waals surface area contributed by atoms with Crippen LogP contribution in [0, 0.1) is 0 Å². The van der Waals surface area contributed by atoms with Gasteiger partial charge in [0.25, 0.3) is 0 Å². The van der Waals surface area contributed by atoms with Crippen molar-refractivity contribution >= 4 is 11.9 Å². The van der Waals surface area contributed by atoms with Crippen LogP contribution in [0.5, 0.6) is 0 Å². The van der Waals surface area contributed by atoms with Gasteiger partial charge >= 0.3 is 5.97 Å². The first-order valence-corrected chi connectivity index (χ1v) is 39.9. The fourth-order valence-electron chi connectivity index (χ4n) is 12.5. The molecule has 518 valence electrons. The van der Waals surface area contributed by atoms with E-state index in [2.05, 4.69) is 55.6 Å². The summed E-state index contributed by atoms with van der Waals surface area (Å²) in [5, 5.41) is 23.3. The second-order valence-electron chi connectivity index (χ2n) is 27.4. The van der Waals surface area contributed by atoms with Gasteiger partial charge in [-0.1, -0.05) is 383 Å². The minimum Gasteiger partial charge on any atom is -0.466 e. The molecule has 0 aliphatic heterocycles. The lowest BCUT2D eigenvalue weighted by Crippen LogP contribution is -2.45. The number of aliphatic hydroxyl groups excluding tert-OH is 2. The third kappa shape index (κ3) is 72.9. The van der Waals surface area contributed by atoms with Gasteiger partial charge in [0, 0.05) is 12.8 Å². The van der Waals surface area contributed by atoms with E-state index in [-0.39, 0.29) is 18.5 Å². The molecule has 0 fully saturated rings. The number of rotatable bonds is 75. The van der Waals surface area contributed by atoms with Gasteiger partial charge in [-0.2, -0.15) is 0 Å². The van der Waals surface area contributed by atoms with Crippen molar-refractivity contribution in [2.45, 2.75) is 450 Å². The number of hydrogen-bond donors (Lipinski definition) is 3. The van der Waals surface area contributed by atoms with Crippen LogP contribution < -0.4 is 5.32 Å². The van der Waals surface area contributed by atoms with Crippen LogP contribution in [-0.2, 0) is 14.3 Å². The summed E-state index contributed by atoms with van der Waals surface area (Å²) in [6.07, 6.45) is 102. The van der Waals surface area contributed by atoms with Crippen LogP contribution in [0.2, 0.25) is 0 Å². The standard InChI is InChI=1S/C82H155NO5/c1-3-5-7-9-11-13-15-17-19-20-21-22-34-37-40-43-47-50-54-58-62-66-70-74-80(85)79(78-84)83-81(86)75-71-67-63-59-55-51-48-44-41-38-35-32-30-28-26-24-23-25-27-29-31-33-36-39-42-45-49-53-57-61-65-69-73-77-88-82(87)76-72-68-64-60-56-52-46-18-16-14-12-10-8-6-4-2/h18,27,29,33,36,46,70,74,79-80,84-85H,3-17,19-26,28,30-32,34-35,37-45,47-69,71-73,75-78H2,1-2H3,(H,83,86)/b29-27-,36-33-,46-18-,74-70+. The third-order valence-corrected chi connectivity index (χ3v) is 18.6. The van der Waals surface area contributed by atoms with Crippen LogP contribution >= 0.6 is 0 Å². The van der Waals surface area contributed by atoms with Gasteiger partial charge in [-0.3, -0.25) is 9.59 Å². The summed E-state index contributed by atoms with van der Waals surface area (Å²) < 4.78 is 5.49. The lowest BCUT2D eigenvalue weighted by atomic mass is 10.0. The molecule has 0 saturated carbocycles. The zero-order valence-corrected chi connectivity index (χ0v) is 59.5. The highest BCUT2D eigenvalue weighted by atomic mass is 16.5. The van der Waals surface area contributed by atoms with Crippen molar-refractivity contribution in [2.24, 2.45) is 0 Å². The molecule has 0 spiro atoms. The summed E-state index contributed by atoms with van der Waals surface area (Å²) in [6.45, 7) is 4.93. The number of unbranched alkanes of at least 4 members (excludes halogenated alkanes) is 58. The Balaban J connectivity index is 3.41. The molecule has 6 nitrogen and oxygen atoms in total. The summed E-state index contributed by atoms with van der Waals surface area (Å²) in [6, 6.07) is -0.629. The number of hydrogen-bond acceptors (Lipinski definition) is 5. The largest absolute Gasteiger partial charge is 0.466 e. The van der Waals surface area contributed by atoms with Gasteiger partial charge in [-0.05, 0) is 89.9 Å². The maximum absolute atomic E-state index is 12.6. The Morgan fingerprint density at radius 3 is 0.875 bits per heavy atom. The minimum atomic E-state index is -0.845. The van der Waals surface area contributed by atoms with Gasteiger partial charge in [-0.15, -0.1) is 0 Å². The van der Waals surface area contributed by atoms with Crippen LogP contribution in [0.1, 0.15) is 438 Å². The number of esters is 1. The highest BCUT2D eigenvalue weighted by molar-refractivity contribution is 5.76. The number of carbonyl (C=O) groups excluding carboxylic acids is 2. The van der Waals surface area contributed by atoms with Gasteiger partial charge in [0.05, 0.1) is 25.4 Å². The van der Waals surface area contributed by atoms with Crippen molar-refractivity contribution in [3.05, 3.63) is 48.6 Å². The molecule has 0 rings (SSSR count). The van der Waals surface area contributed by atoms with E-state index in [1.54, 1.807) is 6.08 Å². The van der Waals surface area contributed by atoms with E-state index in [0.29, 0.717) is 19.4 Å². The van der Waals surface area contributed by atoms with Crippen molar-refractivity contribution in [1.29, 1.82) is 0 Å². The maximum Gasteiger partial charge on any atom is 0.305 e. The molecule has 0 bridgehead atoms. The lowest BCUT2D eigenvalue weighted by Gasteiger charge is -2.20. The van der Waals surface area contributed by atoms with Gasteiger partial charge in [0.1, 0.15) is 0 Å². The fourth-order valence-corrected chi connectivity index (χ4v) is 12.5. The Morgan fingerprint density at radius 2 is 0.568 bits per heavy atom. The molecule has 0 aromatic rings. The summed E-state index contributed by atoms with van der Waals surface area (Å²) in [5.74, 6) is -0.0552. The molecule has 1 amide bonds. The number of ether oxygens (including phenoxy) is 1. The topological polar surface area (TPSA) is 95.9 Å². The first-order chi connectivity index (χ1) is 43.5. The Morgan fingerprint density at radius 1 is 0.318 bits per heavy atom. The van der Waals surface area contributed by atoms with E-state index in [4.69, 9.17) is 4.74 Å². The number of amides is 1. The average Bonchev–Trinajstić information content (AvgIpc) is 3.58. The van der Waals surface area contributed by atoms with Crippen molar-refractivity contribution < 1.29 is 24.5 Å². The third-order valence-electron chi connectivity index (χ3n) is 18.6. The van der Waals surface area contributed by atoms with E-state index in [9.17, 15) is 19.8 Å². The van der Waals surface area contributed by atoms with Crippen molar-refractivity contribution in [1.82, 2.24) is 5.32 Å². The van der Waals surface area contributed by atoms with Crippen LogP contribution in [0.15, 0.2) is 48.6 Å². The highest BCUT2D eigenvalue weighted by Crippen LogP contribution is 2.19. The van der Waals surface area contributed by atoms with Gasteiger partial charge in [0.2, 0.25) is 5.91 Å². The first kappa shape index (κ1) is 85.8. The number of nitrogens with one attached hydrogen (secondary N) is 1. The summed E-state index contributed by atoms with van der Waals surface area (Å²) in [4.78, 5) is 24.6. The Bertz CT molecular complexity index is 1470. The second kappa shape index (κ2) is 77.3. The molecule has 0 aromatic carbocycles. The molecule has 2 unspecified atom stereocenters. The normalized spacial score (nSPS) is 12.7. The summed E-state index contributed by atoms with van der Waals surface area (Å²) >= 11 is 0. The Labute approximate surface area is 550 Å². The van der Waals surface area contributed by atoms with Crippen molar-refractivity contribution in [3.8, 4) is 0 Å². The molecule has 0 radical (unpaired) electrons. The SMILES string of the molecule is CCCCCCCC/C=C\CCCCCCCC(=O)OCCCCCCCCCCC/C=C\C/C=C\CCCCCCCCCCCCCCCCCCCC(=O)NC(CO)C(O)/C=C/CCCCCCCCCCCCCCCCCCCCCCC. The molecule has 88 heavy (non-hydrogen) atoms. The van der Waals surface area contributed by atoms with Crippen molar-refractivity contribution in [2.75, 3.05) is 13.2 Å². The second-order valence-corrected chi connectivity index (χ2v) is 27.4. The number of allylic oxidation sites excluding steroid dienone is 7. The van der Waals surface area contributed by atoms with Crippen LogP contribution in [0.25, 0.3) is 0 Å². The zero-order valence-electron chi connectivity index (χ0n) is 59.5. The first-order valence-electron chi connectivity index (χ1n) is 39.9. The fraction of sp³-hybridized carbons (Fsp3) is 0.878. The smallest absolute Gasteiger partial charge is 0.305 e. The van der Waals surface area contributed by atoms with Crippen molar-refractivity contribution in [3.63, 3.8) is 0 Å². The molecule has 0 heterocycles. The molecule has 6 heteroatoms. The quantitative estimate of drug-likeness (QED) is 0.0320. The molecule has 0 aromatic heterocycles. The summed E-state index contributed by atoms with van der Waals surface area (Å²) in [5.41, 5.74) is 0. The highest BCUT2D eigenvalue weighted by Gasteiger charge is 2.18. The van der Waals surface area contributed by atoms with E-state index >= 15 is 0 Å². The molecule has 2 atom stereocenters. The minimum absolute atomic E-state index is 0.00648. The monoisotopic (exact) mass is 1230 g/mol. The van der Waals surface area contributed by atoms with Crippen LogP contribution in [0.3, 0.4) is 0 Å². The van der Waals surface area contributed by atoms with Gasteiger partial charge in [-0.25, -0.2) is 0 Å². The molecule has 3 N–H and O–H groups in total. The predicted molar refractivity (Wildman–Crippen MR) is 389 cm³/mol. The van der Waals surface area contributed by atoms with E-state index in [1.807, 2.05) is 6.08 Å². The average molecular weight is 1240 g/mol. The molecular weight excluding hydrogens is 1080 g/mol. The number of carbonyl (C=O) groups is 2. The summed E-state index contributed by atoms with van der Waals surface area (Å²) in [7, 11) is 0. The molecule has 0 aliphatic carbocycles. The van der Waals surface area contributed by atoms with E-state index in [1.165, 1.54) is 360 Å². The number of aliphatic hydroxyl groups is 2. The van der Waals surface area contributed by atoms with Gasteiger partial charge < -0.3 is 20.3 Å². The zero-order chi connectivity index (χ0) is 63.5. The van der Waals surface area contributed by atoms with E-state index in [0.717, 1.165) is 51.4 Å². The van der Waals surface area contributed by atoms with E-state index < -0.39 is 12.1 Å². The molecule has 0 saturated heterocycles. The Kier molecular flexibility index (Phi) is 75.4. The molecule has 0 aliphatic rings. The predicted octanol–water partition coefficient (Wildman–Crippen LogP) is 26.4. The van der Waals surface area contributed by atoms with Crippen LogP contribution in [0.4, 0.5) is 0 Å². The lowest BCUT2D eigenvalue weighted by molar-refractivity contribution is -0.143. The molecular formula is C82H155NO5. The van der Waals surface area contributed by atoms with Crippen LogP contribution in [-0.4, -0.2) is 47.4 Å². The Hall–Kier alpha value is -2.18. The maximum atomic E-state index is 12.6.